The summed E-state index contributed by atoms with van der Waals surface area (Å²) in [5.41, 5.74) is 0.508. The van der Waals surface area contributed by atoms with Gasteiger partial charge < -0.3 is 13.6 Å². The van der Waals surface area contributed by atoms with Crippen molar-refractivity contribution in [2.75, 3.05) is 14.1 Å². The van der Waals surface area contributed by atoms with Gasteiger partial charge in [-0.15, -0.1) is 0 Å². The zero-order valence-corrected chi connectivity index (χ0v) is 14.9. The molecule has 0 saturated heterocycles. The van der Waals surface area contributed by atoms with Gasteiger partial charge in [0.2, 0.25) is 10.9 Å². The minimum Gasteiger partial charge on any atom is -0.452 e. The second-order valence-electron chi connectivity index (χ2n) is 5.38. The molecule has 0 spiro atoms. The molecule has 0 atom stereocenters. The van der Waals surface area contributed by atoms with Crippen LogP contribution in [0.1, 0.15) is 16.3 Å². The van der Waals surface area contributed by atoms with Crippen molar-refractivity contribution in [1.29, 1.82) is 0 Å². The number of furan rings is 2. The highest BCUT2D eigenvalue weighted by Crippen LogP contribution is 2.24. The number of fused-ring (bicyclic) bond motifs is 1. The maximum Gasteiger partial charge on any atom is 0.374 e. The molecule has 3 aromatic rings. The van der Waals surface area contributed by atoms with Gasteiger partial charge in [-0.2, -0.15) is 0 Å². The van der Waals surface area contributed by atoms with Crippen molar-refractivity contribution >= 4 is 38.6 Å². The molecular weight excluding hydrogens is 370 g/mol. The number of halogens is 1. The second kappa shape index (κ2) is 6.55. The van der Waals surface area contributed by atoms with E-state index in [1.807, 2.05) is 0 Å². The molecule has 7 nitrogen and oxygen atoms in total. The first-order valence-electron chi connectivity index (χ1n) is 7.15. The fourth-order valence-corrected chi connectivity index (χ4v) is 3.07. The van der Waals surface area contributed by atoms with Crippen molar-refractivity contribution in [3.8, 4) is 0 Å². The molecule has 0 bridgehead atoms. The average molecular weight is 384 g/mol. The fourth-order valence-electron chi connectivity index (χ4n) is 2.08. The number of nitrogens with zero attached hydrogens (tertiary/aromatic N) is 1. The Balaban J connectivity index is 1.71. The van der Waals surface area contributed by atoms with E-state index in [-0.39, 0.29) is 23.2 Å². The monoisotopic (exact) mass is 383 g/mol. The van der Waals surface area contributed by atoms with Gasteiger partial charge >= 0.3 is 5.97 Å². The largest absolute Gasteiger partial charge is 0.452 e. The van der Waals surface area contributed by atoms with Crippen LogP contribution in [0.2, 0.25) is 5.02 Å². The van der Waals surface area contributed by atoms with E-state index in [0.717, 1.165) is 4.31 Å². The minimum absolute atomic E-state index is 0.0185. The predicted octanol–water partition coefficient (Wildman–Crippen LogP) is 3.29. The molecule has 0 unspecified atom stereocenters. The van der Waals surface area contributed by atoms with E-state index in [0.29, 0.717) is 16.0 Å². The van der Waals surface area contributed by atoms with Gasteiger partial charge in [0.05, 0.1) is 0 Å². The molecule has 0 aliphatic rings. The fraction of sp³-hybridized carbons (Fsp3) is 0.188. The predicted molar refractivity (Wildman–Crippen MR) is 89.9 cm³/mol. The van der Waals surface area contributed by atoms with Crippen LogP contribution >= 0.6 is 11.6 Å². The summed E-state index contributed by atoms with van der Waals surface area (Å²) >= 11 is 5.89. The Morgan fingerprint density at radius 3 is 2.64 bits per heavy atom. The number of benzene rings is 1. The summed E-state index contributed by atoms with van der Waals surface area (Å²) < 4.78 is 40.6. The zero-order valence-electron chi connectivity index (χ0n) is 13.4. The Bertz CT molecular complexity index is 1030. The molecule has 25 heavy (non-hydrogen) atoms. The highest BCUT2D eigenvalue weighted by atomic mass is 35.5. The van der Waals surface area contributed by atoms with Crippen LogP contribution in [0.15, 0.2) is 50.3 Å². The molecule has 132 valence electrons. The Morgan fingerprint density at radius 1 is 1.16 bits per heavy atom. The first-order chi connectivity index (χ1) is 11.8. The summed E-state index contributed by atoms with van der Waals surface area (Å²) in [6.07, 6.45) is 0. The maximum atomic E-state index is 12.1. The van der Waals surface area contributed by atoms with Crippen molar-refractivity contribution in [3.05, 3.63) is 52.9 Å². The topological polar surface area (TPSA) is 90.0 Å². The Morgan fingerprint density at radius 2 is 1.92 bits per heavy atom. The molecule has 3 rings (SSSR count). The minimum atomic E-state index is -3.67. The Labute approximate surface area is 148 Å². The SMILES string of the molecule is CN(C)S(=O)(=O)c1ccc(COC(=O)c2cc3cc(Cl)ccc3o2)o1. The summed E-state index contributed by atoms with van der Waals surface area (Å²) in [4.78, 5) is 12.1. The molecule has 0 aliphatic carbocycles. The third-order valence-electron chi connectivity index (χ3n) is 3.40. The van der Waals surface area contributed by atoms with Crippen molar-refractivity contribution in [2.45, 2.75) is 11.7 Å². The normalized spacial score (nSPS) is 12.0. The second-order valence-corrected chi connectivity index (χ2v) is 7.90. The van der Waals surface area contributed by atoms with Gasteiger partial charge in [-0.1, -0.05) is 11.6 Å². The van der Waals surface area contributed by atoms with Gasteiger partial charge in [0.25, 0.3) is 10.0 Å². The number of hydrogen-bond acceptors (Lipinski definition) is 6. The number of sulfonamides is 1. The molecular formula is C16H14ClNO6S. The van der Waals surface area contributed by atoms with Crippen LogP contribution in [-0.2, 0) is 21.4 Å². The molecule has 0 radical (unpaired) electrons. The van der Waals surface area contributed by atoms with Gasteiger partial charge in [0, 0.05) is 24.5 Å². The van der Waals surface area contributed by atoms with Gasteiger partial charge in [-0.05, 0) is 36.4 Å². The number of esters is 1. The highest BCUT2D eigenvalue weighted by molar-refractivity contribution is 7.88. The number of hydrogen-bond donors (Lipinski definition) is 0. The van der Waals surface area contributed by atoms with E-state index in [4.69, 9.17) is 25.2 Å². The summed E-state index contributed by atoms with van der Waals surface area (Å²) in [6.45, 7) is -0.223. The number of ether oxygens (including phenoxy) is 1. The van der Waals surface area contributed by atoms with Gasteiger partial charge in [0.1, 0.15) is 18.0 Å². The quantitative estimate of drug-likeness (QED) is 0.628. The average Bonchev–Trinajstić information content (AvgIpc) is 3.19. The summed E-state index contributed by atoms with van der Waals surface area (Å²) in [7, 11) is -0.885. The van der Waals surface area contributed by atoms with Crippen LogP contribution in [0, 0.1) is 0 Å². The van der Waals surface area contributed by atoms with Crippen LogP contribution in [0.4, 0.5) is 0 Å². The third kappa shape index (κ3) is 3.55. The summed E-state index contributed by atoms with van der Waals surface area (Å²) in [5, 5.41) is 0.983. The van der Waals surface area contributed by atoms with E-state index in [1.165, 1.54) is 32.3 Å². The molecule has 1 aromatic carbocycles. The van der Waals surface area contributed by atoms with E-state index in [2.05, 4.69) is 0 Å². The van der Waals surface area contributed by atoms with E-state index in [1.54, 1.807) is 18.2 Å². The zero-order chi connectivity index (χ0) is 18.2. The lowest BCUT2D eigenvalue weighted by Crippen LogP contribution is -2.21. The number of carbonyl (C=O) groups is 1. The lowest BCUT2D eigenvalue weighted by Gasteiger charge is -2.07. The van der Waals surface area contributed by atoms with Gasteiger partial charge in [-0.3, -0.25) is 0 Å². The molecule has 0 amide bonds. The molecule has 0 aliphatic heterocycles. The van der Waals surface area contributed by atoms with Crippen LogP contribution in [0.3, 0.4) is 0 Å². The van der Waals surface area contributed by atoms with Crippen LogP contribution in [-0.4, -0.2) is 32.8 Å². The third-order valence-corrected chi connectivity index (χ3v) is 5.32. The summed E-state index contributed by atoms with van der Waals surface area (Å²) in [5.74, 6) is -0.473. The van der Waals surface area contributed by atoms with Crippen LogP contribution in [0.5, 0.6) is 0 Å². The van der Waals surface area contributed by atoms with Crippen molar-refractivity contribution in [1.82, 2.24) is 4.31 Å². The first-order valence-corrected chi connectivity index (χ1v) is 8.96. The Hall–Kier alpha value is -2.29. The molecule has 9 heteroatoms. The highest BCUT2D eigenvalue weighted by Gasteiger charge is 2.22. The smallest absolute Gasteiger partial charge is 0.374 e. The Kier molecular flexibility index (Phi) is 4.59. The molecule has 0 N–H and O–H groups in total. The first kappa shape index (κ1) is 17.5. The van der Waals surface area contributed by atoms with E-state index < -0.39 is 16.0 Å². The summed E-state index contributed by atoms with van der Waals surface area (Å²) in [6, 6.07) is 9.23. The maximum absolute atomic E-state index is 12.1. The van der Waals surface area contributed by atoms with Crippen molar-refractivity contribution < 1.29 is 26.8 Å². The van der Waals surface area contributed by atoms with E-state index in [9.17, 15) is 13.2 Å². The van der Waals surface area contributed by atoms with Crippen LogP contribution in [0.25, 0.3) is 11.0 Å². The van der Waals surface area contributed by atoms with Crippen molar-refractivity contribution in [2.24, 2.45) is 0 Å². The van der Waals surface area contributed by atoms with Gasteiger partial charge in [0.15, 0.2) is 0 Å². The lowest BCUT2D eigenvalue weighted by molar-refractivity contribution is 0.0407. The van der Waals surface area contributed by atoms with E-state index >= 15 is 0 Å². The molecule has 2 aromatic heterocycles. The molecule has 0 saturated carbocycles. The number of rotatable bonds is 5. The standard InChI is InChI=1S/C16H14ClNO6S/c1-18(2)25(20,21)15-6-4-12(23-15)9-22-16(19)14-8-10-7-11(17)3-5-13(10)24-14/h3-8H,9H2,1-2H3. The van der Waals surface area contributed by atoms with Gasteiger partial charge in [-0.25, -0.2) is 17.5 Å². The lowest BCUT2D eigenvalue weighted by atomic mass is 10.2. The molecule has 0 fully saturated rings. The van der Waals surface area contributed by atoms with Crippen molar-refractivity contribution in [3.63, 3.8) is 0 Å². The van der Waals surface area contributed by atoms with Crippen LogP contribution < -0.4 is 0 Å². The number of carbonyl (C=O) groups excluding carboxylic acids is 1. The molecule has 2 heterocycles.